The molecule has 6 heteroatoms. The lowest BCUT2D eigenvalue weighted by atomic mass is 10.4. The molecule has 0 aliphatic carbocycles. The van der Waals surface area contributed by atoms with Crippen LogP contribution in [0.3, 0.4) is 0 Å². The molecule has 2 aromatic rings. The molecule has 0 amide bonds. The number of imidazole rings is 1. The number of aryl methyl sites for hydroxylation is 2. The number of nitrogen functional groups attached to an aromatic ring is 1. The maximum absolute atomic E-state index is 5.70. The fourth-order valence-electron chi connectivity index (χ4n) is 1.68. The van der Waals surface area contributed by atoms with Crippen molar-refractivity contribution in [2.24, 2.45) is 0 Å². The highest BCUT2D eigenvalue weighted by molar-refractivity contribution is 7.98. The van der Waals surface area contributed by atoms with E-state index in [4.69, 9.17) is 5.73 Å². The molecule has 0 unspecified atom stereocenters. The summed E-state index contributed by atoms with van der Waals surface area (Å²) in [7, 11) is 0. The Morgan fingerprint density at radius 2 is 2.22 bits per heavy atom. The van der Waals surface area contributed by atoms with E-state index in [9.17, 15) is 0 Å². The first-order valence-corrected chi connectivity index (χ1v) is 6.90. The van der Waals surface area contributed by atoms with Crippen molar-refractivity contribution in [3.05, 3.63) is 30.0 Å². The summed E-state index contributed by atoms with van der Waals surface area (Å²) in [5.74, 6) is 1.33. The van der Waals surface area contributed by atoms with Crippen LogP contribution in [0.5, 0.6) is 0 Å². The molecule has 0 saturated carbocycles. The summed E-state index contributed by atoms with van der Waals surface area (Å²) in [6.45, 7) is 5.07. The molecule has 96 valence electrons. The molecule has 0 fully saturated rings. The number of anilines is 1. The van der Waals surface area contributed by atoms with Gasteiger partial charge in [-0.25, -0.2) is 15.0 Å². The smallest absolute Gasteiger partial charge is 0.190 e. The largest absolute Gasteiger partial charge is 0.384 e. The molecule has 18 heavy (non-hydrogen) atoms. The highest BCUT2D eigenvalue weighted by atomic mass is 32.2. The summed E-state index contributed by atoms with van der Waals surface area (Å²) in [6, 6.07) is 1.77. The van der Waals surface area contributed by atoms with Crippen molar-refractivity contribution in [2.45, 2.75) is 37.7 Å². The fraction of sp³-hybridized carbons (Fsp3) is 0.417. The van der Waals surface area contributed by atoms with Gasteiger partial charge in [0, 0.05) is 35.9 Å². The molecule has 0 spiro atoms. The van der Waals surface area contributed by atoms with Gasteiger partial charge in [-0.3, -0.25) is 0 Å². The van der Waals surface area contributed by atoms with Crippen molar-refractivity contribution < 1.29 is 0 Å². The van der Waals surface area contributed by atoms with E-state index in [0.717, 1.165) is 29.6 Å². The van der Waals surface area contributed by atoms with Crippen LogP contribution < -0.4 is 5.73 Å². The van der Waals surface area contributed by atoms with Crippen molar-refractivity contribution >= 4 is 17.6 Å². The van der Waals surface area contributed by atoms with E-state index in [-0.39, 0.29) is 0 Å². The summed E-state index contributed by atoms with van der Waals surface area (Å²) >= 11 is 1.58. The molecule has 0 saturated heterocycles. The molecule has 0 aliphatic rings. The molecule has 0 aliphatic heterocycles. The Morgan fingerprint density at radius 1 is 1.39 bits per heavy atom. The second-order valence-electron chi connectivity index (χ2n) is 4.08. The van der Waals surface area contributed by atoms with Crippen LogP contribution >= 0.6 is 11.8 Å². The standard InChI is InChI=1S/C12H17N5S/c1-3-4-17-8-14-6-10(17)7-18-12-15-9(2)5-11(13)16-12/h5-6,8H,3-4,7H2,1-2H3,(H2,13,15,16). The minimum atomic E-state index is 0.520. The van der Waals surface area contributed by atoms with Gasteiger partial charge in [0.05, 0.1) is 6.33 Å². The Bertz CT molecular complexity index is 503. The number of hydrogen-bond acceptors (Lipinski definition) is 5. The lowest BCUT2D eigenvalue weighted by Crippen LogP contribution is -2.01. The Morgan fingerprint density at radius 3 is 2.94 bits per heavy atom. The normalized spacial score (nSPS) is 10.8. The summed E-state index contributed by atoms with van der Waals surface area (Å²) in [4.78, 5) is 12.7. The molecule has 2 rings (SSSR count). The number of aromatic nitrogens is 4. The number of nitrogens with two attached hydrogens (primary N) is 1. The Hall–Kier alpha value is -1.56. The van der Waals surface area contributed by atoms with Crippen molar-refractivity contribution in [2.75, 3.05) is 5.73 Å². The van der Waals surface area contributed by atoms with Gasteiger partial charge in [-0.2, -0.15) is 0 Å². The number of thioether (sulfide) groups is 1. The third-order valence-electron chi connectivity index (χ3n) is 2.47. The third kappa shape index (κ3) is 3.22. The SMILES string of the molecule is CCCn1cncc1CSc1nc(C)cc(N)n1. The second kappa shape index (κ2) is 5.86. The van der Waals surface area contributed by atoms with Crippen LogP contribution in [0.15, 0.2) is 23.7 Å². The van der Waals surface area contributed by atoms with Gasteiger partial charge in [0.15, 0.2) is 5.16 Å². The molecule has 0 aromatic carbocycles. The Balaban J connectivity index is 2.04. The molecule has 0 bridgehead atoms. The second-order valence-corrected chi connectivity index (χ2v) is 5.03. The van der Waals surface area contributed by atoms with Crippen LogP contribution in [0.25, 0.3) is 0 Å². The first-order chi connectivity index (χ1) is 8.69. The van der Waals surface area contributed by atoms with Crippen LogP contribution in [-0.4, -0.2) is 19.5 Å². The van der Waals surface area contributed by atoms with E-state index in [2.05, 4.69) is 26.4 Å². The highest BCUT2D eigenvalue weighted by Gasteiger charge is 2.05. The van der Waals surface area contributed by atoms with Gasteiger partial charge in [0.2, 0.25) is 0 Å². The summed E-state index contributed by atoms with van der Waals surface area (Å²) in [5, 5.41) is 0.719. The van der Waals surface area contributed by atoms with Crippen LogP contribution in [0.2, 0.25) is 0 Å². The van der Waals surface area contributed by atoms with Crippen LogP contribution in [0, 0.1) is 6.92 Å². The predicted octanol–water partition coefficient (Wildman–Crippen LogP) is 2.27. The lowest BCUT2D eigenvalue weighted by Gasteiger charge is -2.06. The van der Waals surface area contributed by atoms with Gasteiger partial charge in [-0.1, -0.05) is 18.7 Å². The summed E-state index contributed by atoms with van der Waals surface area (Å²) in [6.07, 6.45) is 4.86. The lowest BCUT2D eigenvalue weighted by molar-refractivity contribution is 0.659. The van der Waals surface area contributed by atoms with E-state index < -0.39 is 0 Å². The van der Waals surface area contributed by atoms with Gasteiger partial charge >= 0.3 is 0 Å². The number of hydrogen-bond donors (Lipinski definition) is 1. The van der Waals surface area contributed by atoms with Crippen molar-refractivity contribution in [1.82, 2.24) is 19.5 Å². The van der Waals surface area contributed by atoms with Crippen molar-refractivity contribution in [1.29, 1.82) is 0 Å². The van der Waals surface area contributed by atoms with E-state index in [1.54, 1.807) is 17.8 Å². The van der Waals surface area contributed by atoms with Gasteiger partial charge in [-0.15, -0.1) is 0 Å². The minimum absolute atomic E-state index is 0.520. The van der Waals surface area contributed by atoms with Crippen LogP contribution in [-0.2, 0) is 12.3 Å². The molecule has 2 N–H and O–H groups in total. The first-order valence-electron chi connectivity index (χ1n) is 5.92. The first kappa shape index (κ1) is 12.9. The third-order valence-corrected chi connectivity index (χ3v) is 3.35. The molecular weight excluding hydrogens is 246 g/mol. The minimum Gasteiger partial charge on any atom is -0.384 e. The molecular formula is C12H17N5S. The molecule has 0 radical (unpaired) electrons. The number of rotatable bonds is 5. The van der Waals surface area contributed by atoms with Crippen LogP contribution in [0.1, 0.15) is 24.7 Å². The zero-order valence-electron chi connectivity index (χ0n) is 10.6. The van der Waals surface area contributed by atoms with Crippen LogP contribution in [0.4, 0.5) is 5.82 Å². The monoisotopic (exact) mass is 263 g/mol. The predicted molar refractivity (Wildman–Crippen MR) is 73.3 cm³/mol. The van der Waals surface area contributed by atoms with Gasteiger partial charge in [0.25, 0.3) is 0 Å². The van der Waals surface area contributed by atoms with Gasteiger partial charge < -0.3 is 10.3 Å². The maximum Gasteiger partial charge on any atom is 0.190 e. The summed E-state index contributed by atoms with van der Waals surface area (Å²) < 4.78 is 2.16. The topological polar surface area (TPSA) is 69.6 Å². The maximum atomic E-state index is 5.70. The van der Waals surface area contributed by atoms with E-state index in [1.807, 2.05) is 19.4 Å². The van der Waals surface area contributed by atoms with Gasteiger partial charge in [-0.05, 0) is 13.3 Å². The van der Waals surface area contributed by atoms with Crippen molar-refractivity contribution in [3.8, 4) is 0 Å². The zero-order valence-corrected chi connectivity index (χ0v) is 11.4. The Labute approximate surface area is 111 Å². The van der Waals surface area contributed by atoms with E-state index >= 15 is 0 Å². The average molecular weight is 263 g/mol. The molecule has 2 aromatic heterocycles. The molecule has 0 atom stereocenters. The highest BCUT2D eigenvalue weighted by Crippen LogP contribution is 2.20. The quantitative estimate of drug-likeness (QED) is 0.662. The van der Waals surface area contributed by atoms with E-state index in [1.165, 1.54) is 5.69 Å². The summed E-state index contributed by atoms with van der Waals surface area (Å²) in [5.41, 5.74) is 7.79. The average Bonchev–Trinajstić information content (AvgIpc) is 2.73. The van der Waals surface area contributed by atoms with Gasteiger partial charge in [0.1, 0.15) is 5.82 Å². The van der Waals surface area contributed by atoms with Crippen molar-refractivity contribution in [3.63, 3.8) is 0 Å². The molecule has 5 nitrogen and oxygen atoms in total. The number of nitrogens with zero attached hydrogens (tertiary/aromatic N) is 4. The zero-order chi connectivity index (χ0) is 13.0. The fourth-order valence-corrected chi connectivity index (χ4v) is 2.57. The Kier molecular flexibility index (Phi) is 4.19. The molecule has 2 heterocycles. The van der Waals surface area contributed by atoms with E-state index in [0.29, 0.717) is 5.82 Å².